The molecule has 0 aromatic heterocycles. The second kappa shape index (κ2) is 5.85. The van der Waals surface area contributed by atoms with Crippen LogP contribution >= 0.6 is 0 Å². The molecule has 0 fully saturated rings. The van der Waals surface area contributed by atoms with Gasteiger partial charge in [-0.2, -0.15) is 0 Å². The summed E-state index contributed by atoms with van der Waals surface area (Å²) in [6.45, 7) is 4.18. The summed E-state index contributed by atoms with van der Waals surface area (Å²) in [5, 5.41) is 0. The Kier molecular flexibility index (Phi) is 3.74. The summed E-state index contributed by atoms with van der Waals surface area (Å²) < 4.78 is 5.58. The van der Waals surface area contributed by atoms with Crippen LogP contribution in [-0.2, 0) is 0 Å². The highest BCUT2D eigenvalue weighted by Crippen LogP contribution is 2.22. The van der Waals surface area contributed by atoms with Crippen LogP contribution in [0.25, 0.3) is 6.08 Å². The van der Waals surface area contributed by atoms with Crippen LogP contribution in [0.1, 0.15) is 26.3 Å². The molecular weight excluding hydrogens is 278 g/mol. The van der Waals surface area contributed by atoms with Crippen LogP contribution in [-0.4, -0.2) is 29.9 Å². The molecule has 0 aliphatic carbocycles. The van der Waals surface area contributed by atoms with E-state index in [0.29, 0.717) is 16.9 Å². The molecule has 22 heavy (non-hydrogen) atoms. The minimum Gasteiger partial charge on any atom is -0.492 e. The lowest BCUT2D eigenvalue weighted by Crippen LogP contribution is -2.33. The summed E-state index contributed by atoms with van der Waals surface area (Å²) in [4.78, 5) is 25.6. The first-order valence-corrected chi connectivity index (χ1v) is 7.01. The van der Waals surface area contributed by atoms with Gasteiger partial charge in [-0.05, 0) is 29.8 Å². The molecule has 1 aliphatic heterocycles. The summed E-state index contributed by atoms with van der Waals surface area (Å²) in [6.07, 6.45) is 1.75. The lowest BCUT2D eigenvalue weighted by atomic mass is 10.1. The lowest BCUT2D eigenvalue weighted by molar-refractivity contribution is 0.0631. The number of carbonyl (C=O) groups excluding carboxylic acids is 2. The third-order valence-corrected chi connectivity index (χ3v) is 3.58. The Bertz CT molecular complexity index is 699. The van der Waals surface area contributed by atoms with E-state index in [1.807, 2.05) is 24.3 Å². The third kappa shape index (κ3) is 2.51. The van der Waals surface area contributed by atoms with Gasteiger partial charge in [0, 0.05) is 0 Å². The molecule has 0 saturated heterocycles. The van der Waals surface area contributed by atoms with Crippen LogP contribution in [0.4, 0.5) is 0 Å². The molecule has 2 aromatic rings. The first kappa shape index (κ1) is 14.1. The predicted octanol–water partition coefficient (Wildman–Crippen LogP) is 3.00. The molecule has 110 valence electrons. The number of hydrogen-bond donors (Lipinski definition) is 0. The largest absolute Gasteiger partial charge is 0.492 e. The van der Waals surface area contributed by atoms with E-state index in [9.17, 15) is 9.59 Å². The molecule has 3 rings (SSSR count). The molecule has 4 heteroatoms. The minimum absolute atomic E-state index is 0.232. The van der Waals surface area contributed by atoms with Crippen LogP contribution < -0.4 is 4.74 Å². The van der Waals surface area contributed by atoms with Crippen molar-refractivity contribution < 1.29 is 14.3 Å². The molecule has 0 atom stereocenters. The van der Waals surface area contributed by atoms with Crippen LogP contribution in [0, 0.1) is 0 Å². The SMILES string of the molecule is C=Cc1ccc(OCCN2C(=O)c3ccccc3C2=O)cc1. The summed E-state index contributed by atoms with van der Waals surface area (Å²) in [5.74, 6) is 0.180. The van der Waals surface area contributed by atoms with Gasteiger partial charge in [0.2, 0.25) is 0 Å². The van der Waals surface area contributed by atoms with Gasteiger partial charge in [0.1, 0.15) is 12.4 Å². The van der Waals surface area contributed by atoms with Gasteiger partial charge >= 0.3 is 0 Å². The molecule has 0 N–H and O–H groups in total. The zero-order valence-electron chi connectivity index (χ0n) is 12.0. The van der Waals surface area contributed by atoms with Crippen molar-refractivity contribution >= 4 is 17.9 Å². The van der Waals surface area contributed by atoms with E-state index < -0.39 is 0 Å². The predicted molar refractivity (Wildman–Crippen MR) is 83.8 cm³/mol. The summed E-state index contributed by atoms with van der Waals surface area (Å²) in [5.41, 5.74) is 1.93. The van der Waals surface area contributed by atoms with Gasteiger partial charge in [-0.1, -0.05) is 36.9 Å². The van der Waals surface area contributed by atoms with Crippen LogP contribution in [0.15, 0.2) is 55.1 Å². The number of hydrogen-bond acceptors (Lipinski definition) is 3. The Morgan fingerprint density at radius 2 is 1.55 bits per heavy atom. The van der Waals surface area contributed by atoms with E-state index >= 15 is 0 Å². The monoisotopic (exact) mass is 293 g/mol. The maximum absolute atomic E-state index is 12.2. The first-order chi connectivity index (χ1) is 10.7. The average molecular weight is 293 g/mol. The van der Waals surface area contributed by atoms with E-state index in [4.69, 9.17) is 4.74 Å². The molecule has 2 amide bonds. The Balaban J connectivity index is 1.62. The maximum atomic E-state index is 12.2. The van der Waals surface area contributed by atoms with Crippen molar-refractivity contribution in [2.75, 3.05) is 13.2 Å². The number of amides is 2. The highest BCUT2D eigenvalue weighted by molar-refractivity contribution is 6.21. The van der Waals surface area contributed by atoms with Crippen molar-refractivity contribution in [2.45, 2.75) is 0 Å². The smallest absolute Gasteiger partial charge is 0.261 e. The molecular formula is C18H15NO3. The molecule has 1 aliphatic rings. The summed E-state index contributed by atoms with van der Waals surface area (Å²) in [7, 11) is 0. The second-order valence-electron chi connectivity index (χ2n) is 4.93. The van der Waals surface area contributed by atoms with Gasteiger partial charge in [-0.15, -0.1) is 0 Å². The van der Waals surface area contributed by atoms with E-state index in [1.165, 1.54) is 4.90 Å². The fraction of sp³-hybridized carbons (Fsp3) is 0.111. The van der Waals surface area contributed by atoms with Crippen molar-refractivity contribution in [3.05, 3.63) is 71.8 Å². The van der Waals surface area contributed by atoms with Crippen molar-refractivity contribution in [1.82, 2.24) is 4.90 Å². The highest BCUT2D eigenvalue weighted by Gasteiger charge is 2.34. The summed E-state index contributed by atoms with van der Waals surface area (Å²) in [6, 6.07) is 14.3. The molecule has 4 nitrogen and oxygen atoms in total. The highest BCUT2D eigenvalue weighted by atomic mass is 16.5. The van der Waals surface area contributed by atoms with Crippen molar-refractivity contribution in [3.63, 3.8) is 0 Å². The van der Waals surface area contributed by atoms with Gasteiger partial charge in [0.25, 0.3) is 11.8 Å². The average Bonchev–Trinajstić information content (AvgIpc) is 2.81. The number of imide groups is 1. The standard InChI is InChI=1S/C18H15NO3/c1-2-13-7-9-14(10-8-13)22-12-11-19-17(20)15-5-3-4-6-16(15)18(19)21/h2-10H,1,11-12H2. The minimum atomic E-state index is -0.258. The molecule has 0 bridgehead atoms. The third-order valence-electron chi connectivity index (χ3n) is 3.58. The van der Waals surface area contributed by atoms with Crippen LogP contribution in [0.3, 0.4) is 0 Å². The fourth-order valence-electron chi connectivity index (χ4n) is 2.40. The number of rotatable bonds is 5. The van der Waals surface area contributed by atoms with Gasteiger partial charge in [-0.3, -0.25) is 14.5 Å². The molecule has 2 aromatic carbocycles. The Hall–Kier alpha value is -2.88. The topological polar surface area (TPSA) is 46.6 Å². The first-order valence-electron chi connectivity index (χ1n) is 7.01. The molecule has 0 saturated carbocycles. The number of carbonyl (C=O) groups is 2. The second-order valence-corrected chi connectivity index (χ2v) is 4.93. The maximum Gasteiger partial charge on any atom is 0.261 e. The van der Waals surface area contributed by atoms with E-state index in [1.54, 1.807) is 30.3 Å². The van der Waals surface area contributed by atoms with Gasteiger partial charge in [-0.25, -0.2) is 0 Å². The number of ether oxygens (including phenoxy) is 1. The van der Waals surface area contributed by atoms with Crippen molar-refractivity contribution in [1.29, 1.82) is 0 Å². The normalized spacial score (nSPS) is 13.2. The van der Waals surface area contributed by atoms with E-state index in [0.717, 1.165) is 5.56 Å². The fourth-order valence-corrected chi connectivity index (χ4v) is 2.40. The van der Waals surface area contributed by atoms with E-state index in [2.05, 4.69) is 6.58 Å². The number of fused-ring (bicyclic) bond motifs is 1. The van der Waals surface area contributed by atoms with Gasteiger partial charge < -0.3 is 4.74 Å². The quantitative estimate of drug-likeness (QED) is 0.796. The number of nitrogens with zero attached hydrogens (tertiary/aromatic N) is 1. The molecule has 0 spiro atoms. The molecule has 0 radical (unpaired) electrons. The van der Waals surface area contributed by atoms with Crippen molar-refractivity contribution in [3.8, 4) is 5.75 Å². The van der Waals surface area contributed by atoms with E-state index in [-0.39, 0.29) is 25.0 Å². The molecule has 0 unspecified atom stereocenters. The summed E-state index contributed by atoms with van der Waals surface area (Å²) >= 11 is 0. The lowest BCUT2D eigenvalue weighted by Gasteiger charge is -2.14. The molecule has 1 heterocycles. The Morgan fingerprint density at radius 1 is 0.955 bits per heavy atom. The van der Waals surface area contributed by atoms with Gasteiger partial charge in [0.05, 0.1) is 17.7 Å². The van der Waals surface area contributed by atoms with Gasteiger partial charge in [0.15, 0.2) is 0 Å². The van der Waals surface area contributed by atoms with Crippen molar-refractivity contribution in [2.24, 2.45) is 0 Å². The Morgan fingerprint density at radius 3 is 2.09 bits per heavy atom. The Labute approximate surface area is 128 Å². The zero-order chi connectivity index (χ0) is 15.5. The zero-order valence-corrected chi connectivity index (χ0v) is 12.0. The number of benzene rings is 2. The van der Waals surface area contributed by atoms with Crippen LogP contribution in [0.2, 0.25) is 0 Å². The van der Waals surface area contributed by atoms with Crippen LogP contribution in [0.5, 0.6) is 5.75 Å².